The first-order valence-corrected chi connectivity index (χ1v) is 9.29. The lowest BCUT2D eigenvalue weighted by atomic mass is 9.94. The lowest BCUT2D eigenvalue weighted by molar-refractivity contribution is -0.137. The molecule has 1 fully saturated rings. The largest absolute Gasteiger partial charge is 0.506 e. The summed E-state index contributed by atoms with van der Waals surface area (Å²) in [5.74, 6) is -0.963. The van der Waals surface area contributed by atoms with Crippen LogP contribution in [-0.4, -0.2) is 41.1 Å². The van der Waals surface area contributed by atoms with E-state index in [1.165, 1.54) is 12.5 Å². The van der Waals surface area contributed by atoms with Crippen LogP contribution in [0.5, 0.6) is 5.75 Å². The minimum Gasteiger partial charge on any atom is -0.506 e. The highest BCUT2D eigenvalue weighted by molar-refractivity contribution is 6.01. The van der Waals surface area contributed by atoms with Crippen LogP contribution in [0.1, 0.15) is 49.4 Å². The molecule has 0 saturated heterocycles. The summed E-state index contributed by atoms with van der Waals surface area (Å²) in [6.07, 6.45) is 5.52. The summed E-state index contributed by atoms with van der Waals surface area (Å²) in [5, 5.41) is 11.8. The monoisotopic (exact) mass is 355 g/mol. The molecule has 3 rings (SSSR count). The molecule has 0 atom stereocenters. The minimum atomic E-state index is -0.679. The summed E-state index contributed by atoms with van der Waals surface area (Å²) in [6.45, 7) is 2.27. The molecule has 1 aliphatic rings. The van der Waals surface area contributed by atoms with Crippen LogP contribution in [0, 0.1) is 0 Å². The molecule has 2 aromatic carbocycles. The third-order valence-corrected chi connectivity index (χ3v) is 5.12. The molecule has 1 saturated carbocycles. The van der Waals surface area contributed by atoms with Gasteiger partial charge >= 0.3 is 5.97 Å². The SMILES string of the molecule is CCN(C(=O)COC(=O)c1ccc2ccccc2c1O)C1CCCCC1. The van der Waals surface area contributed by atoms with E-state index in [0.29, 0.717) is 11.9 Å². The van der Waals surface area contributed by atoms with Gasteiger partial charge in [-0.05, 0) is 31.2 Å². The molecule has 5 nitrogen and oxygen atoms in total. The van der Waals surface area contributed by atoms with Crippen LogP contribution < -0.4 is 0 Å². The van der Waals surface area contributed by atoms with Crippen molar-refractivity contribution in [3.63, 3.8) is 0 Å². The van der Waals surface area contributed by atoms with Crippen molar-refractivity contribution < 1.29 is 19.4 Å². The summed E-state index contributed by atoms with van der Waals surface area (Å²) in [6, 6.07) is 10.8. The Hall–Kier alpha value is -2.56. The van der Waals surface area contributed by atoms with Gasteiger partial charge in [0.15, 0.2) is 6.61 Å². The third kappa shape index (κ3) is 3.82. The minimum absolute atomic E-state index is 0.0808. The van der Waals surface area contributed by atoms with Gasteiger partial charge < -0.3 is 14.7 Å². The molecule has 0 bridgehead atoms. The predicted molar refractivity (Wildman–Crippen MR) is 100 cm³/mol. The van der Waals surface area contributed by atoms with Crippen LogP contribution in [0.2, 0.25) is 0 Å². The van der Waals surface area contributed by atoms with Crippen LogP contribution in [0.4, 0.5) is 0 Å². The van der Waals surface area contributed by atoms with Gasteiger partial charge in [-0.2, -0.15) is 0 Å². The van der Waals surface area contributed by atoms with E-state index in [1.54, 1.807) is 18.2 Å². The second kappa shape index (κ2) is 8.21. The van der Waals surface area contributed by atoms with Gasteiger partial charge in [0.25, 0.3) is 5.91 Å². The van der Waals surface area contributed by atoms with Crippen molar-refractivity contribution in [2.24, 2.45) is 0 Å². The van der Waals surface area contributed by atoms with Gasteiger partial charge in [0, 0.05) is 18.0 Å². The van der Waals surface area contributed by atoms with Crippen molar-refractivity contribution in [3.8, 4) is 5.75 Å². The fourth-order valence-corrected chi connectivity index (χ4v) is 3.74. The molecule has 1 N–H and O–H groups in total. The molecule has 0 radical (unpaired) electrons. The van der Waals surface area contributed by atoms with Gasteiger partial charge in [-0.1, -0.05) is 49.6 Å². The van der Waals surface area contributed by atoms with Gasteiger partial charge in [-0.3, -0.25) is 4.79 Å². The molecule has 0 aromatic heterocycles. The number of likely N-dealkylation sites (N-methyl/N-ethyl adjacent to an activating group) is 1. The Balaban J connectivity index is 1.66. The van der Waals surface area contributed by atoms with E-state index in [2.05, 4.69) is 0 Å². The number of hydrogen-bond acceptors (Lipinski definition) is 4. The second-order valence-electron chi connectivity index (χ2n) is 6.73. The topological polar surface area (TPSA) is 66.8 Å². The molecule has 1 aliphatic carbocycles. The molecule has 138 valence electrons. The first kappa shape index (κ1) is 18.2. The molecule has 26 heavy (non-hydrogen) atoms. The van der Waals surface area contributed by atoms with Gasteiger partial charge in [0.1, 0.15) is 11.3 Å². The molecule has 1 amide bonds. The number of rotatable bonds is 5. The second-order valence-corrected chi connectivity index (χ2v) is 6.73. The molecular weight excluding hydrogens is 330 g/mol. The lowest BCUT2D eigenvalue weighted by Gasteiger charge is -2.33. The third-order valence-electron chi connectivity index (χ3n) is 5.12. The quantitative estimate of drug-likeness (QED) is 0.827. The fourth-order valence-electron chi connectivity index (χ4n) is 3.74. The number of hydrogen-bond donors (Lipinski definition) is 1. The van der Waals surface area contributed by atoms with Crippen LogP contribution in [0.3, 0.4) is 0 Å². The van der Waals surface area contributed by atoms with E-state index in [4.69, 9.17) is 4.74 Å². The van der Waals surface area contributed by atoms with Gasteiger partial charge in [0.05, 0.1) is 0 Å². The maximum Gasteiger partial charge on any atom is 0.342 e. The van der Waals surface area contributed by atoms with Gasteiger partial charge in [-0.25, -0.2) is 4.79 Å². The Bertz CT molecular complexity index is 796. The smallest absolute Gasteiger partial charge is 0.342 e. The first-order valence-electron chi connectivity index (χ1n) is 9.29. The molecular formula is C21H25NO4. The Morgan fingerprint density at radius 2 is 1.85 bits per heavy atom. The predicted octanol–water partition coefficient (Wildman–Crippen LogP) is 3.88. The normalized spacial score (nSPS) is 15.0. The fraction of sp³-hybridized carbons (Fsp3) is 0.429. The number of phenolic OH excluding ortho intramolecular Hbond substituents is 1. The van der Waals surface area contributed by atoms with E-state index >= 15 is 0 Å². The standard InChI is InChI=1S/C21H25NO4/c1-2-22(16-9-4-3-5-10-16)19(23)14-26-21(25)18-13-12-15-8-6-7-11-17(15)20(18)24/h6-8,11-13,16,24H,2-5,9-10,14H2,1H3. The van der Waals surface area contributed by atoms with Crippen LogP contribution in [0.15, 0.2) is 36.4 Å². The Morgan fingerprint density at radius 1 is 1.12 bits per heavy atom. The zero-order chi connectivity index (χ0) is 18.5. The number of aromatic hydroxyl groups is 1. The highest BCUT2D eigenvalue weighted by atomic mass is 16.5. The maximum atomic E-state index is 12.5. The molecule has 2 aromatic rings. The summed E-state index contributed by atoms with van der Waals surface area (Å²) >= 11 is 0. The highest BCUT2D eigenvalue weighted by Crippen LogP contribution is 2.29. The Kier molecular flexibility index (Phi) is 5.76. The maximum absolute atomic E-state index is 12.5. The number of amides is 1. The molecule has 0 unspecified atom stereocenters. The number of benzene rings is 2. The highest BCUT2D eigenvalue weighted by Gasteiger charge is 2.25. The van der Waals surface area contributed by atoms with E-state index in [1.807, 2.05) is 24.0 Å². The zero-order valence-electron chi connectivity index (χ0n) is 15.1. The molecule has 0 spiro atoms. The number of nitrogens with zero attached hydrogens (tertiary/aromatic N) is 1. The number of esters is 1. The summed E-state index contributed by atoms with van der Waals surface area (Å²) < 4.78 is 5.20. The average molecular weight is 355 g/mol. The van der Waals surface area contributed by atoms with Gasteiger partial charge in [0.2, 0.25) is 0 Å². The van der Waals surface area contributed by atoms with Gasteiger partial charge in [-0.15, -0.1) is 0 Å². The Labute approximate surface area is 153 Å². The first-order chi connectivity index (χ1) is 12.6. The zero-order valence-corrected chi connectivity index (χ0v) is 15.1. The average Bonchev–Trinajstić information content (AvgIpc) is 2.68. The molecule has 0 heterocycles. The van der Waals surface area contributed by atoms with Crippen molar-refractivity contribution in [1.29, 1.82) is 0 Å². The van der Waals surface area contributed by atoms with E-state index in [9.17, 15) is 14.7 Å². The van der Waals surface area contributed by atoms with E-state index in [0.717, 1.165) is 31.1 Å². The summed E-state index contributed by atoms with van der Waals surface area (Å²) in [7, 11) is 0. The number of fused-ring (bicyclic) bond motifs is 1. The summed E-state index contributed by atoms with van der Waals surface area (Å²) in [5.41, 5.74) is 0.0808. The van der Waals surface area contributed by atoms with Crippen LogP contribution in [-0.2, 0) is 9.53 Å². The van der Waals surface area contributed by atoms with Crippen molar-refractivity contribution in [1.82, 2.24) is 4.90 Å². The number of ether oxygens (including phenoxy) is 1. The van der Waals surface area contributed by atoms with Crippen molar-refractivity contribution in [2.45, 2.75) is 45.1 Å². The number of carbonyl (C=O) groups excluding carboxylic acids is 2. The van der Waals surface area contributed by atoms with Crippen molar-refractivity contribution >= 4 is 22.6 Å². The lowest BCUT2D eigenvalue weighted by Crippen LogP contribution is -2.43. The number of phenols is 1. The van der Waals surface area contributed by atoms with Crippen LogP contribution in [0.25, 0.3) is 10.8 Å². The molecule has 5 heteroatoms. The van der Waals surface area contributed by atoms with Crippen molar-refractivity contribution in [2.75, 3.05) is 13.2 Å². The van der Waals surface area contributed by atoms with Crippen LogP contribution >= 0.6 is 0 Å². The van der Waals surface area contributed by atoms with E-state index in [-0.39, 0.29) is 29.9 Å². The van der Waals surface area contributed by atoms with E-state index < -0.39 is 5.97 Å². The summed E-state index contributed by atoms with van der Waals surface area (Å²) in [4.78, 5) is 26.7. The molecule has 0 aliphatic heterocycles. The Morgan fingerprint density at radius 3 is 2.58 bits per heavy atom. The van der Waals surface area contributed by atoms with Crippen molar-refractivity contribution in [3.05, 3.63) is 42.0 Å². The number of carbonyl (C=O) groups is 2.